The molecule has 2 fully saturated rings. The van der Waals surface area contributed by atoms with Gasteiger partial charge in [-0.2, -0.15) is 0 Å². The van der Waals surface area contributed by atoms with E-state index in [1.807, 2.05) is 0 Å². The highest BCUT2D eigenvalue weighted by Crippen LogP contribution is 2.49. The lowest BCUT2D eigenvalue weighted by Crippen LogP contribution is -2.37. The highest BCUT2D eigenvalue weighted by molar-refractivity contribution is 5.94. The molecule has 1 aromatic rings. The van der Waals surface area contributed by atoms with Crippen molar-refractivity contribution in [3.8, 4) is 0 Å². The summed E-state index contributed by atoms with van der Waals surface area (Å²) in [6, 6.07) is 5.35. The Kier molecular flexibility index (Phi) is 6.08. The van der Waals surface area contributed by atoms with Crippen molar-refractivity contribution in [1.29, 1.82) is 0 Å². The summed E-state index contributed by atoms with van der Waals surface area (Å²) in [5, 5.41) is 2.58. The van der Waals surface area contributed by atoms with E-state index in [4.69, 9.17) is 4.74 Å². The average molecular weight is 376 g/mol. The van der Waals surface area contributed by atoms with E-state index in [1.54, 1.807) is 0 Å². The second kappa shape index (κ2) is 8.50. The number of hydrogen-bond acceptors (Lipinski definition) is 4. The fourth-order valence-electron chi connectivity index (χ4n) is 4.19. The first kappa shape index (κ1) is 19.3. The summed E-state index contributed by atoms with van der Waals surface area (Å²) in [4.78, 5) is 37.2. The number of esters is 1. The van der Waals surface area contributed by atoms with Gasteiger partial charge < -0.3 is 15.0 Å². The van der Waals surface area contributed by atoms with Crippen LogP contribution < -0.4 is 5.32 Å². The molecule has 2 aliphatic rings. The standard InChI is InChI=1S/C20H25FN2O4/c1-23(11-18(24)22-17-6-4-16(21)5-7-17)19(25)12-27-20(26)10-15-9-13-2-3-14(15)8-13/h4-7,13-15H,2-3,8-12H2,1H3,(H,22,24)/t13-,14+,15-/m0/s1. The minimum absolute atomic E-state index is 0.180. The summed E-state index contributed by atoms with van der Waals surface area (Å²) >= 11 is 0. The number of benzene rings is 1. The van der Waals surface area contributed by atoms with Crippen LogP contribution >= 0.6 is 0 Å². The van der Waals surface area contributed by atoms with E-state index in [0.717, 1.165) is 12.3 Å². The predicted octanol–water partition coefficient (Wildman–Crippen LogP) is 2.59. The molecule has 2 bridgehead atoms. The first-order chi connectivity index (χ1) is 12.9. The van der Waals surface area contributed by atoms with Gasteiger partial charge in [-0.25, -0.2) is 4.39 Å². The molecule has 27 heavy (non-hydrogen) atoms. The van der Waals surface area contributed by atoms with Gasteiger partial charge in [-0.3, -0.25) is 14.4 Å². The van der Waals surface area contributed by atoms with Crippen LogP contribution in [0, 0.1) is 23.6 Å². The molecule has 2 aliphatic carbocycles. The van der Waals surface area contributed by atoms with E-state index in [9.17, 15) is 18.8 Å². The fraction of sp³-hybridized carbons (Fsp3) is 0.550. The van der Waals surface area contributed by atoms with Gasteiger partial charge >= 0.3 is 5.97 Å². The molecule has 2 amide bonds. The van der Waals surface area contributed by atoms with Crippen LogP contribution in [0.4, 0.5) is 10.1 Å². The monoisotopic (exact) mass is 376 g/mol. The number of halogens is 1. The van der Waals surface area contributed by atoms with Gasteiger partial charge in [0.2, 0.25) is 5.91 Å². The normalized spacial score (nSPS) is 23.1. The maximum Gasteiger partial charge on any atom is 0.306 e. The number of carbonyl (C=O) groups excluding carboxylic acids is 3. The van der Waals surface area contributed by atoms with Crippen LogP contribution in [-0.4, -0.2) is 42.9 Å². The van der Waals surface area contributed by atoms with Crippen LogP contribution in [0.25, 0.3) is 0 Å². The van der Waals surface area contributed by atoms with E-state index in [1.165, 1.54) is 55.5 Å². The molecule has 6 nitrogen and oxygen atoms in total. The number of fused-ring (bicyclic) bond motifs is 2. The van der Waals surface area contributed by atoms with Crippen molar-refractivity contribution in [2.24, 2.45) is 17.8 Å². The first-order valence-corrected chi connectivity index (χ1v) is 9.35. The summed E-state index contributed by atoms with van der Waals surface area (Å²) in [6.07, 6.45) is 5.18. The number of rotatable bonds is 7. The van der Waals surface area contributed by atoms with Crippen molar-refractivity contribution in [3.63, 3.8) is 0 Å². The van der Waals surface area contributed by atoms with E-state index in [0.29, 0.717) is 23.9 Å². The first-order valence-electron chi connectivity index (χ1n) is 9.35. The molecule has 0 radical (unpaired) electrons. The van der Waals surface area contributed by atoms with Gasteiger partial charge in [0.25, 0.3) is 5.91 Å². The summed E-state index contributed by atoms with van der Waals surface area (Å²) in [6.45, 7) is -0.542. The molecule has 1 aromatic carbocycles. The molecule has 146 valence electrons. The maximum absolute atomic E-state index is 12.9. The Balaban J connectivity index is 1.36. The Hall–Kier alpha value is -2.44. The van der Waals surface area contributed by atoms with Crippen molar-refractivity contribution in [1.82, 2.24) is 4.90 Å². The quantitative estimate of drug-likeness (QED) is 0.742. The molecule has 0 saturated heterocycles. The summed E-state index contributed by atoms with van der Waals surface area (Å²) in [5.41, 5.74) is 0.444. The summed E-state index contributed by atoms with van der Waals surface area (Å²) in [5.74, 6) is 0.204. The predicted molar refractivity (Wildman–Crippen MR) is 97.2 cm³/mol. The number of ether oxygens (including phenoxy) is 1. The van der Waals surface area contributed by atoms with E-state index >= 15 is 0 Å². The van der Waals surface area contributed by atoms with Crippen LogP contribution in [0.15, 0.2) is 24.3 Å². The Morgan fingerprint density at radius 2 is 1.93 bits per heavy atom. The van der Waals surface area contributed by atoms with Crippen molar-refractivity contribution in [2.45, 2.75) is 32.1 Å². The van der Waals surface area contributed by atoms with Gasteiger partial charge in [-0.15, -0.1) is 0 Å². The molecule has 0 spiro atoms. The molecular formula is C20H25FN2O4. The topological polar surface area (TPSA) is 75.7 Å². The number of hydrogen-bond donors (Lipinski definition) is 1. The molecule has 0 aliphatic heterocycles. The molecule has 3 rings (SSSR count). The minimum Gasteiger partial charge on any atom is -0.456 e. The van der Waals surface area contributed by atoms with Crippen LogP contribution in [0.1, 0.15) is 32.1 Å². The molecule has 2 saturated carbocycles. The van der Waals surface area contributed by atoms with E-state index in [2.05, 4.69) is 5.32 Å². The zero-order chi connectivity index (χ0) is 19.4. The minimum atomic E-state index is -0.439. The second-order valence-electron chi connectivity index (χ2n) is 7.60. The number of carbonyl (C=O) groups is 3. The highest BCUT2D eigenvalue weighted by Gasteiger charge is 2.40. The Labute approximate surface area is 158 Å². The lowest BCUT2D eigenvalue weighted by atomic mass is 9.86. The fourth-order valence-corrected chi connectivity index (χ4v) is 4.19. The third-order valence-corrected chi connectivity index (χ3v) is 5.60. The number of nitrogens with one attached hydrogen (secondary N) is 1. The third-order valence-electron chi connectivity index (χ3n) is 5.60. The van der Waals surface area contributed by atoms with E-state index in [-0.39, 0.29) is 19.1 Å². The number of likely N-dealkylation sites (N-methyl/N-ethyl adjacent to an activating group) is 1. The van der Waals surface area contributed by atoms with Crippen molar-refractivity contribution >= 4 is 23.5 Å². The molecular weight excluding hydrogens is 351 g/mol. The zero-order valence-electron chi connectivity index (χ0n) is 15.4. The van der Waals surface area contributed by atoms with Gasteiger partial charge in [0, 0.05) is 19.2 Å². The van der Waals surface area contributed by atoms with E-state index < -0.39 is 17.6 Å². The van der Waals surface area contributed by atoms with Crippen molar-refractivity contribution in [3.05, 3.63) is 30.1 Å². The van der Waals surface area contributed by atoms with Crippen LogP contribution in [0.2, 0.25) is 0 Å². The van der Waals surface area contributed by atoms with Crippen LogP contribution in [-0.2, 0) is 19.1 Å². The number of nitrogens with zero attached hydrogens (tertiary/aromatic N) is 1. The molecule has 0 aromatic heterocycles. The van der Waals surface area contributed by atoms with Gasteiger partial charge in [0.05, 0.1) is 6.54 Å². The Morgan fingerprint density at radius 1 is 1.19 bits per heavy atom. The SMILES string of the molecule is CN(CC(=O)Nc1ccc(F)cc1)C(=O)COC(=O)C[C@@H]1C[C@H]2CC[C@@H]1C2. The zero-order valence-corrected chi connectivity index (χ0v) is 15.4. The molecule has 7 heteroatoms. The number of anilines is 1. The summed E-state index contributed by atoms with van der Waals surface area (Å²) < 4.78 is 18.0. The molecule has 0 unspecified atom stereocenters. The van der Waals surface area contributed by atoms with Gasteiger partial charge in [0.15, 0.2) is 6.61 Å². The van der Waals surface area contributed by atoms with Crippen LogP contribution in [0.5, 0.6) is 0 Å². The smallest absolute Gasteiger partial charge is 0.306 e. The number of amides is 2. The Bertz CT molecular complexity index is 706. The molecule has 1 N–H and O–H groups in total. The second-order valence-corrected chi connectivity index (χ2v) is 7.60. The average Bonchev–Trinajstić information content (AvgIpc) is 3.24. The molecule has 3 atom stereocenters. The van der Waals surface area contributed by atoms with Crippen molar-refractivity contribution in [2.75, 3.05) is 25.5 Å². The van der Waals surface area contributed by atoms with Gasteiger partial charge in [0.1, 0.15) is 5.82 Å². The van der Waals surface area contributed by atoms with Gasteiger partial charge in [-0.05, 0) is 61.3 Å². The van der Waals surface area contributed by atoms with Crippen molar-refractivity contribution < 1.29 is 23.5 Å². The molecule has 0 heterocycles. The van der Waals surface area contributed by atoms with Crippen LogP contribution in [0.3, 0.4) is 0 Å². The lowest BCUT2D eigenvalue weighted by Gasteiger charge is -2.21. The lowest BCUT2D eigenvalue weighted by molar-refractivity contribution is -0.152. The largest absolute Gasteiger partial charge is 0.456 e. The van der Waals surface area contributed by atoms with Gasteiger partial charge in [-0.1, -0.05) is 6.42 Å². The third kappa shape index (κ3) is 5.28. The Morgan fingerprint density at radius 3 is 2.56 bits per heavy atom. The summed E-state index contributed by atoms with van der Waals surface area (Å²) in [7, 11) is 1.47. The maximum atomic E-state index is 12.9. The highest BCUT2D eigenvalue weighted by atomic mass is 19.1.